The molecule has 3 N–H and O–H groups in total. The Morgan fingerprint density at radius 1 is 1.29 bits per heavy atom. The number of methoxy groups -OCH3 is 1. The van der Waals surface area contributed by atoms with E-state index >= 15 is 0 Å². The van der Waals surface area contributed by atoms with Gasteiger partial charge in [0.2, 0.25) is 0 Å². The molecule has 0 unspecified atom stereocenters. The van der Waals surface area contributed by atoms with Gasteiger partial charge in [-0.05, 0) is 64.6 Å². The highest BCUT2D eigenvalue weighted by atomic mass is 32.2. The molecular formula is C23H29N5O2S. The SMILES string of the molecule is CC=NC(=N)c1cccc(Nc2cc(NSC(C)(C)C)ncc2C(=O)C2CC2)c1OC. The van der Waals surface area contributed by atoms with Crippen molar-refractivity contribution in [3.63, 3.8) is 0 Å². The number of benzene rings is 1. The van der Waals surface area contributed by atoms with E-state index in [-0.39, 0.29) is 22.3 Å². The number of anilines is 3. The van der Waals surface area contributed by atoms with Crippen molar-refractivity contribution >= 4 is 47.0 Å². The Morgan fingerprint density at radius 3 is 2.65 bits per heavy atom. The van der Waals surface area contributed by atoms with Crippen molar-refractivity contribution in [3.8, 4) is 5.75 Å². The zero-order valence-corrected chi connectivity index (χ0v) is 19.4. The highest BCUT2D eigenvalue weighted by Crippen LogP contribution is 2.38. The molecule has 0 bridgehead atoms. The van der Waals surface area contributed by atoms with Crippen molar-refractivity contribution in [3.05, 3.63) is 41.6 Å². The lowest BCUT2D eigenvalue weighted by Gasteiger charge is -2.20. The van der Waals surface area contributed by atoms with Gasteiger partial charge >= 0.3 is 0 Å². The number of ether oxygens (including phenoxy) is 1. The number of nitrogens with zero attached hydrogens (tertiary/aromatic N) is 2. The molecule has 1 aromatic heterocycles. The number of hydrogen-bond donors (Lipinski definition) is 3. The Bertz CT molecular complexity index is 1010. The standard InChI is InChI=1S/C23H29N5O2S/c1-6-25-22(24)15-8-7-9-17(21(15)30-5)27-18-12-19(28-31-23(2,3)4)26-13-16(18)20(29)14-10-11-14/h6-9,12-14,24H,10-11H2,1-5H3,(H2,26,27,28). The van der Waals surface area contributed by atoms with Gasteiger partial charge in [-0.15, -0.1) is 0 Å². The summed E-state index contributed by atoms with van der Waals surface area (Å²) in [5.74, 6) is 1.44. The van der Waals surface area contributed by atoms with Gasteiger partial charge in [-0.2, -0.15) is 0 Å². The third-order valence-electron chi connectivity index (χ3n) is 4.58. The van der Waals surface area contributed by atoms with Crippen molar-refractivity contribution in [1.29, 1.82) is 5.41 Å². The predicted octanol–water partition coefficient (Wildman–Crippen LogP) is 5.70. The maximum atomic E-state index is 12.9. The largest absolute Gasteiger partial charge is 0.494 e. The van der Waals surface area contributed by atoms with Crippen molar-refractivity contribution in [2.24, 2.45) is 10.9 Å². The number of pyridine rings is 1. The number of carbonyl (C=O) groups excluding carboxylic acids is 1. The zero-order valence-electron chi connectivity index (χ0n) is 18.6. The highest BCUT2D eigenvalue weighted by molar-refractivity contribution is 8.01. The van der Waals surface area contributed by atoms with Crippen molar-refractivity contribution in [1.82, 2.24) is 4.98 Å². The lowest BCUT2D eigenvalue weighted by molar-refractivity contribution is 0.0968. The minimum absolute atomic E-state index is 0.00941. The maximum absolute atomic E-state index is 12.9. The van der Waals surface area contributed by atoms with Crippen molar-refractivity contribution < 1.29 is 9.53 Å². The molecule has 0 spiro atoms. The number of aliphatic imine (C=N–C) groups is 1. The number of rotatable bonds is 8. The summed E-state index contributed by atoms with van der Waals surface area (Å²) >= 11 is 1.56. The van der Waals surface area contributed by atoms with E-state index in [1.54, 1.807) is 44.5 Å². The first-order valence-electron chi connectivity index (χ1n) is 10.2. The van der Waals surface area contributed by atoms with E-state index in [2.05, 4.69) is 40.8 Å². The molecule has 0 saturated heterocycles. The zero-order chi connectivity index (χ0) is 22.6. The van der Waals surface area contributed by atoms with Crippen LogP contribution in [-0.4, -0.2) is 34.7 Å². The van der Waals surface area contributed by atoms with Gasteiger partial charge in [0.1, 0.15) is 5.82 Å². The third-order valence-corrected chi connectivity index (χ3v) is 5.50. The normalized spacial score (nSPS) is 13.8. The summed E-state index contributed by atoms with van der Waals surface area (Å²) in [5.41, 5.74) is 2.44. The third kappa shape index (κ3) is 5.85. The summed E-state index contributed by atoms with van der Waals surface area (Å²) in [4.78, 5) is 21.4. The van der Waals surface area contributed by atoms with Crippen LogP contribution in [0.5, 0.6) is 5.75 Å². The monoisotopic (exact) mass is 439 g/mol. The Labute approximate surface area is 187 Å². The average molecular weight is 440 g/mol. The van der Waals surface area contributed by atoms with E-state index in [0.29, 0.717) is 34.1 Å². The predicted molar refractivity (Wildman–Crippen MR) is 130 cm³/mol. The number of para-hydroxylation sites is 1. The van der Waals surface area contributed by atoms with Crippen LogP contribution < -0.4 is 14.8 Å². The lowest BCUT2D eigenvalue weighted by Crippen LogP contribution is -2.12. The number of nitrogens with one attached hydrogen (secondary N) is 3. The Morgan fingerprint density at radius 2 is 2.03 bits per heavy atom. The van der Waals surface area contributed by atoms with Crippen LogP contribution in [0.3, 0.4) is 0 Å². The molecule has 3 rings (SSSR count). The van der Waals surface area contributed by atoms with Crippen LogP contribution >= 0.6 is 11.9 Å². The molecule has 31 heavy (non-hydrogen) atoms. The number of ketones is 1. The second-order valence-electron chi connectivity index (χ2n) is 8.32. The molecule has 1 saturated carbocycles. The number of Topliss-reactive ketones (excluding diaryl/α,β-unsaturated/α-hetero) is 1. The van der Waals surface area contributed by atoms with Gasteiger partial charge in [0.05, 0.1) is 29.6 Å². The smallest absolute Gasteiger partial charge is 0.169 e. The van der Waals surface area contributed by atoms with Gasteiger partial charge in [-0.1, -0.05) is 6.07 Å². The van der Waals surface area contributed by atoms with Crippen LogP contribution in [0.25, 0.3) is 0 Å². The van der Waals surface area contributed by atoms with E-state index in [9.17, 15) is 4.79 Å². The summed E-state index contributed by atoms with van der Waals surface area (Å²) in [7, 11) is 1.56. The first-order valence-corrected chi connectivity index (χ1v) is 11.0. The Balaban J connectivity index is 1.99. The lowest BCUT2D eigenvalue weighted by atomic mass is 10.1. The van der Waals surface area contributed by atoms with E-state index in [0.717, 1.165) is 12.8 Å². The molecule has 1 heterocycles. The Hall–Kier alpha value is -2.87. The van der Waals surface area contributed by atoms with Gasteiger partial charge in [0.25, 0.3) is 0 Å². The summed E-state index contributed by atoms with van der Waals surface area (Å²) in [6.45, 7) is 8.09. The summed E-state index contributed by atoms with van der Waals surface area (Å²) < 4.78 is 8.88. The topological polar surface area (TPSA) is 99.5 Å². The minimum atomic E-state index is 0.00941. The molecule has 1 aromatic carbocycles. The molecule has 0 amide bonds. The molecule has 1 aliphatic rings. The summed E-state index contributed by atoms with van der Waals surface area (Å²) in [6, 6.07) is 7.32. The molecule has 0 aliphatic heterocycles. The van der Waals surface area contributed by atoms with E-state index in [1.807, 2.05) is 18.2 Å². The summed E-state index contributed by atoms with van der Waals surface area (Å²) in [6.07, 6.45) is 5.04. The number of amidine groups is 1. The molecule has 0 atom stereocenters. The minimum Gasteiger partial charge on any atom is -0.494 e. The fourth-order valence-electron chi connectivity index (χ4n) is 2.97. The van der Waals surface area contributed by atoms with Crippen LogP contribution in [0.4, 0.5) is 17.2 Å². The first kappa shape index (κ1) is 22.8. The average Bonchev–Trinajstić information content (AvgIpc) is 3.57. The fourth-order valence-corrected chi connectivity index (χ4v) is 3.49. The van der Waals surface area contributed by atoms with Crippen molar-refractivity contribution in [2.75, 3.05) is 17.1 Å². The quantitative estimate of drug-likeness (QED) is 0.211. The van der Waals surface area contributed by atoms with Crippen LogP contribution in [0, 0.1) is 11.3 Å². The fraction of sp³-hybridized carbons (Fsp3) is 0.391. The Kier molecular flexibility index (Phi) is 7.00. The van der Waals surface area contributed by atoms with Gasteiger partial charge in [-0.25, -0.2) is 9.98 Å². The van der Waals surface area contributed by atoms with E-state index in [1.165, 1.54) is 0 Å². The van der Waals surface area contributed by atoms with Gasteiger partial charge in [0.15, 0.2) is 17.4 Å². The van der Waals surface area contributed by atoms with Gasteiger partial charge in [0, 0.05) is 29.1 Å². The molecule has 1 aliphatic carbocycles. The molecular weight excluding hydrogens is 410 g/mol. The summed E-state index contributed by atoms with van der Waals surface area (Å²) in [5, 5.41) is 11.5. The highest BCUT2D eigenvalue weighted by Gasteiger charge is 2.32. The molecule has 1 fully saturated rings. The molecule has 2 aromatic rings. The van der Waals surface area contributed by atoms with Crippen LogP contribution in [-0.2, 0) is 0 Å². The van der Waals surface area contributed by atoms with Gasteiger partial charge < -0.3 is 14.8 Å². The first-order chi connectivity index (χ1) is 14.7. The van der Waals surface area contributed by atoms with Crippen molar-refractivity contribution in [2.45, 2.75) is 45.3 Å². The number of hydrogen-bond acceptors (Lipinski definition) is 7. The molecule has 164 valence electrons. The molecule has 7 nitrogen and oxygen atoms in total. The molecule has 8 heteroatoms. The maximum Gasteiger partial charge on any atom is 0.169 e. The van der Waals surface area contributed by atoms with Crippen LogP contribution in [0.15, 0.2) is 35.5 Å². The second kappa shape index (κ2) is 9.51. The number of carbonyl (C=O) groups is 1. The van der Waals surface area contributed by atoms with E-state index in [4.69, 9.17) is 10.1 Å². The molecule has 0 radical (unpaired) electrons. The number of aromatic nitrogens is 1. The van der Waals surface area contributed by atoms with Gasteiger partial charge in [-0.3, -0.25) is 10.2 Å². The van der Waals surface area contributed by atoms with E-state index < -0.39 is 0 Å². The van der Waals surface area contributed by atoms with Crippen LogP contribution in [0.2, 0.25) is 0 Å². The second-order valence-corrected chi connectivity index (χ2v) is 9.95. The van der Waals surface area contributed by atoms with Crippen LogP contribution in [0.1, 0.15) is 56.5 Å².